The summed E-state index contributed by atoms with van der Waals surface area (Å²) in [5.41, 5.74) is -0.746. The van der Waals surface area contributed by atoms with Gasteiger partial charge >= 0.3 is 5.97 Å². The van der Waals surface area contributed by atoms with E-state index in [0.717, 1.165) is 12.3 Å². The van der Waals surface area contributed by atoms with Gasteiger partial charge in [0.25, 0.3) is 5.69 Å². The number of nitro groups is 1. The molecule has 8 nitrogen and oxygen atoms in total. The second-order valence-electron chi connectivity index (χ2n) is 3.10. The second-order valence-corrected chi connectivity index (χ2v) is 3.10. The minimum absolute atomic E-state index is 0.113. The Morgan fingerprint density at radius 3 is 2.89 bits per heavy atom. The van der Waals surface area contributed by atoms with Gasteiger partial charge in [0.15, 0.2) is 0 Å². The van der Waals surface area contributed by atoms with E-state index in [9.17, 15) is 25.1 Å². The zero-order valence-electron chi connectivity index (χ0n) is 9.36. The molecule has 0 spiro atoms. The Labute approximate surface area is 101 Å². The summed E-state index contributed by atoms with van der Waals surface area (Å²) in [6.07, 6.45) is 1.53. The van der Waals surface area contributed by atoms with Gasteiger partial charge in [-0.1, -0.05) is 0 Å². The van der Waals surface area contributed by atoms with Crippen molar-refractivity contribution in [1.82, 2.24) is 4.98 Å². The van der Waals surface area contributed by atoms with Crippen LogP contribution in [0.15, 0.2) is 18.3 Å². The van der Waals surface area contributed by atoms with Crippen molar-refractivity contribution in [2.75, 3.05) is 6.61 Å². The van der Waals surface area contributed by atoms with E-state index >= 15 is 0 Å². The van der Waals surface area contributed by atoms with Crippen molar-refractivity contribution in [3.63, 3.8) is 0 Å². The van der Waals surface area contributed by atoms with Crippen LogP contribution < -0.4 is 0 Å². The molecule has 0 aromatic carbocycles. The standard InChI is InChI=1S/C10H10N2O6/c1-2-18-9(14)4-8(13)7-3-6(12(16)17)5-11-10(7)15/h3-5,13H,2H2,1H3,(H,11,15)/b8-4-. The number of hydrogen-bond donors (Lipinski definition) is 2. The molecule has 1 aromatic rings. The largest absolute Gasteiger partial charge is 0.507 e. The molecule has 0 amide bonds. The van der Waals surface area contributed by atoms with Crippen molar-refractivity contribution in [3.8, 4) is 5.88 Å². The van der Waals surface area contributed by atoms with E-state index < -0.39 is 28.2 Å². The molecule has 0 atom stereocenters. The third kappa shape index (κ3) is 3.17. The van der Waals surface area contributed by atoms with Crippen LogP contribution in [-0.2, 0) is 9.53 Å². The Hall–Kier alpha value is -2.64. The Kier molecular flexibility index (Phi) is 4.19. The van der Waals surface area contributed by atoms with E-state index in [0.29, 0.717) is 6.08 Å². The summed E-state index contributed by atoms with van der Waals surface area (Å²) in [5, 5.41) is 29.4. The van der Waals surface area contributed by atoms with Gasteiger partial charge in [-0.05, 0) is 6.92 Å². The maximum atomic E-state index is 11.1. The van der Waals surface area contributed by atoms with Gasteiger partial charge in [0.1, 0.15) is 12.0 Å². The molecule has 0 saturated carbocycles. The molecule has 0 unspecified atom stereocenters. The Balaban J connectivity index is 3.11. The number of aromatic hydroxyl groups is 1. The van der Waals surface area contributed by atoms with Gasteiger partial charge in [0.05, 0.1) is 23.2 Å². The molecule has 1 heterocycles. The van der Waals surface area contributed by atoms with Crippen molar-refractivity contribution in [3.05, 3.63) is 34.0 Å². The third-order valence-electron chi connectivity index (χ3n) is 1.88. The number of aromatic nitrogens is 1. The van der Waals surface area contributed by atoms with Crippen LogP contribution in [0.5, 0.6) is 5.88 Å². The third-order valence-corrected chi connectivity index (χ3v) is 1.88. The van der Waals surface area contributed by atoms with E-state index in [1.165, 1.54) is 0 Å². The maximum absolute atomic E-state index is 11.1. The van der Waals surface area contributed by atoms with Gasteiger partial charge in [-0.25, -0.2) is 9.78 Å². The first-order valence-corrected chi connectivity index (χ1v) is 4.87. The van der Waals surface area contributed by atoms with Gasteiger partial charge in [-0.3, -0.25) is 10.1 Å². The Morgan fingerprint density at radius 1 is 1.67 bits per heavy atom. The number of aliphatic hydroxyl groups is 1. The number of nitrogens with zero attached hydrogens (tertiary/aromatic N) is 2. The van der Waals surface area contributed by atoms with Gasteiger partial charge in [-0.15, -0.1) is 0 Å². The fourth-order valence-corrected chi connectivity index (χ4v) is 1.11. The Bertz CT molecular complexity index is 511. The van der Waals surface area contributed by atoms with Gasteiger partial charge in [0.2, 0.25) is 5.88 Å². The monoisotopic (exact) mass is 254 g/mol. The zero-order chi connectivity index (χ0) is 13.7. The molecular weight excluding hydrogens is 244 g/mol. The number of aliphatic hydroxyl groups excluding tert-OH is 1. The summed E-state index contributed by atoms with van der Waals surface area (Å²) in [4.78, 5) is 24.2. The molecule has 1 rings (SSSR count). The van der Waals surface area contributed by atoms with Crippen LogP contribution in [0.3, 0.4) is 0 Å². The summed E-state index contributed by atoms with van der Waals surface area (Å²) >= 11 is 0. The molecule has 96 valence electrons. The van der Waals surface area contributed by atoms with Crippen LogP contribution in [0.2, 0.25) is 0 Å². The van der Waals surface area contributed by atoms with Gasteiger partial charge in [-0.2, -0.15) is 0 Å². The SMILES string of the molecule is CCOC(=O)/C=C(\O)c1cc([N+](=O)[O-])cnc1O. The molecule has 1 aromatic heterocycles. The van der Waals surface area contributed by atoms with Gasteiger partial charge in [0, 0.05) is 6.07 Å². The Morgan fingerprint density at radius 2 is 2.33 bits per heavy atom. The van der Waals surface area contributed by atoms with E-state index in [2.05, 4.69) is 9.72 Å². The number of rotatable bonds is 4. The highest BCUT2D eigenvalue weighted by molar-refractivity contribution is 5.90. The highest BCUT2D eigenvalue weighted by Gasteiger charge is 2.15. The van der Waals surface area contributed by atoms with Crippen molar-refractivity contribution < 1.29 is 24.7 Å². The summed E-state index contributed by atoms with van der Waals surface area (Å²) in [6, 6.07) is 0.896. The molecule has 8 heteroatoms. The lowest BCUT2D eigenvalue weighted by atomic mass is 10.2. The number of ether oxygens (including phenoxy) is 1. The lowest BCUT2D eigenvalue weighted by molar-refractivity contribution is -0.385. The fraction of sp³-hybridized carbons (Fsp3) is 0.200. The van der Waals surface area contributed by atoms with Gasteiger partial charge < -0.3 is 14.9 Å². The quantitative estimate of drug-likeness (QED) is 0.271. The fourth-order valence-electron chi connectivity index (χ4n) is 1.11. The number of carbonyl (C=O) groups excluding carboxylic acids is 1. The molecule has 0 aliphatic carbocycles. The van der Waals surface area contributed by atoms with Crippen LogP contribution in [0.1, 0.15) is 12.5 Å². The number of esters is 1. The molecule has 0 saturated heterocycles. The number of carbonyl (C=O) groups is 1. The lowest BCUT2D eigenvalue weighted by Gasteiger charge is -2.02. The molecule has 2 N–H and O–H groups in total. The van der Waals surface area contributed by atoms with Crippen molar-refractivity contribution in [1.29, 1.82) is 0 Å². The maximum Gasteiger partial charge on any atom is 0.334 e. The summed E-state index contributed by atoms with van der Waals surface area (Å²) in [6.45, 7) is 1.69. The topological polar surface area (TPSA) is 123 Å². The molecule has 0 fully saturated rings. The molecular formula is C10H10N2O6. The predicted molar refractivity (Wildman–Crippen MR) is 59.8 cm³/mol. The summed E-state index contributed by atoms with van der Waals surface area (Å²) in [5.74, 6) is -2.12. The van der Waals surface area contributed by atoms with E-state index in [4.69, 9.17) is 0 Å². The minimum atomic E-state index is -0.832. The van der Waals surface area contributed by atoms with Crippen LogP contribution in [-0.4, -0.2) is 32.7 Å². The number of hydrogen-bond acceptors (Lipinski definition) is 7. The van der Waals surface area contributed by atoms with Crippen LogP contribution in [0, 0.1) is 10.1 Å². The normalized spacial score (nSPS) is 11.1. The van der Waals surface area contributed by atoms with Crippen LogP contribution >= 0.6 is 0 Å². The van der Waals surface area contributed by atoms with Crippen molar-refractivity contribution in [2.45, 2.75) is 6.92 Å². The van der Waals surface area contributed by atoms with Crippen molar-refractivity contribution >= 4 is 17.4 Å². The molecule has 18 heavy (non-hydrogen) atoms. The van der Waals surface area contributed by atoms with Crippen molar-refractivity contribution in [2.24, 2.45) is 0 Å². The molecule has 0 aliphatic rings. The average molecular weight is 254 g/mol. The minimum Gasteiger partial charge on any atom is -0.507 e. The first-order chi connectivity index (χ1) is 8.45. The molecule has 0 aliphatic heterocycles. The van der Waals surface area contributed by atoms with Crippen LogP contribution in [0.4, 0.5) is 5.69 Å². The smallest absolute Gasteiger partial charge is 0.334 e. The number of pyridine rings is 1. The average Bonchev–Trinajstić information content (AvgIpc) is 2.29. The molecule has 0 bridgehead atoms. The lowest BCUT2D eigenvalue weighted by Crippen LogP contribution is -2.01. The summed E-state index contributed by atoms with van der Waals surface area (Å²) in [7, 11) is 0. The first-order valence-electron chi connectivity index (χ1n) is 4.87. The first kappa shape index (κ1) is 13.4. The van der Waals surface area contributed by atoms with Crippen LogP contribution in [0.25, 0.3) is 5.76 Å². The van der Waals surface area contributed by atoms with E-state index in [1.54, 1.807) is 6.92 Å². The van der Waals surface area contributed by atoms with E-state index in [-0.39, 0.29) is 12.2 Å². The highest BCUT2D eigenvalue weighted by atomic mass is 16.6. The highest BCUT2D eigenvalue weighted by Crippen LogP contribution is 2.25. The second kappa shape index (κ2) is 5.62. The zero-order valence-corrected chi connectivity index (χ0v) is 9.36. The predicted octanol–water partition coefficient (Wildman–Crippen LogP) is 1.16. The summed E-state index contributed by atoms with van der Waals surface area (Å²) < 4.78 is 4.54. The molecule has 0 radical (unpaired) electrons. The van der Waals surface area contributed by atoms with E-state index in [1.807, 2.05) is 0 Å².